The van der Waals surface area contributed by atoms with Gasteiger partial charge >= 0.3 is 0 Å². The SMILES string of the molecule is CCC1CCCC(C(NC)c2ccsc2C)C1. The van der Waals surface area contributed by atoms with Gasteiger partial charge in [0, 0.05) is 10.9 Å². The van der Waals surface area contributed by atoms with Crippen molar-refractivity contribution in [3.05, 3.63) is 21.9 Å². The van der Waals surface area contributed by atoms with Crippen molar-refractivity contribution in [2.75, 3.05) is 7.05 Å². The van der Waals surface area contributed by atoms with Crippen LogP contribution >= 0.6 is 11.3 Å². The van der Waals surface area contributed by atoms with Crippen molar-refractivity contribution in [1.82, 2.24) is 5.32 Å². The Labute approximate surface area is 110 Å². The number of hydrogen-bond donors (Lipinski definition) is 1. The van der Waals surface area contributed by atoms with Crippen molar-refractivity contribution < 1.29 is 0 Å². The zero-order valence-electron chi connectivity index (χ0n) is 11.3. The monoisotopic (exact) mass is 251 g/mol. The molecule has 1 heterocycles. The first-order chi connectivity index (χ1) is 8.26. The molecule has 0 saturated heterocycles. The van der Waals surface area contributed by atoms with Crippen LogP contribution in [0.4, 0.5) is 0 Å². The largest absolute Gasteiger partial charge is 0.313 e. The number of hydrogen-bond acceptors (Lipinski definition) is 2. The molecular weight excluding hydrogens is 226 g/mol. The average molecular weight is 251 g/mol. The summed E-state index contributed by atoms with van der Waals surface area (Å²) in [6, 6.07) is 2.90. The lowest BCUT2D eigenvalue weighted by Gasteiger charge is -2.34. The predicted molar refractivity (Wildman–Crippen MR) is 76.6 cm³/mol. The first kappa shape index (κ1) is 13.1. The van der Waals surface area contributed by atoms with E-state index in [2.05, 4.69) is 37.7 Å². The molecule has 17 heavy (non-hydrogen) atoms. The highest BCUT2D eigenvalue weighted by Gasteiger charge is 2.28. The van der Waals surface area contributed by atoms with Gasteiger partial charge in [-0.05, 0) is 55.7 Å². The number of rotatable bonds is 4. The molecule has 3 unspecified atom stereocenters. The number of aryl methyl sites for hydroxylation is 1. The van der Waals surface area contributed by atoms with Crippen LogP contribution in [0, 0.1) is 18.8 Å². The molecule has 2 rings (SSSR count). The van der Waals surface area contributed by atoms with Crippen LogP contribution in [0.2, 0.25) is 0 Å². The van der Waals surface area contributed by atoms with Crippen LogP contribution in [0.3, 0.4) is 0 Å². The van der Waals surface area contributed by atoms with E-state index in [9.17, 15) is 0 Å². The third kappa shape index (κ3) is 2.92. The molecule has 1 N–H and O–H groups in total. The van der Waals surface area contributed by atoms with Gasteiger partial charge in [-0.1, -0.05) is 26.2 Å². The van der Waals surface area contributed by atoms with Gasteiger partial charge in [0.15, 0.2) is 0 Å². The highest BCUT2D eigenvalue weighted by atomic mass is 32.1. The molecule has 1 aromatic heterocycles. The van der Waals surface area contributed by atoms with Crippen LogP contribution in [0.15, 0.2) is 11.4 Å². The van der Waals surface area contributed by atoms with E-state index >= 15 is 0 Å². The first-order valence-electron chi connectivity index (χ1n) is 6.97. The van der Waals surface area contributed by atoms with Crippen LogP contribution in [-0.2, 0) is 0 Å². The van der Waals surface area contributed by atoms with E-state index in [1.807, 2.05) is 11.3 Å². The molecule has 0 bridgehead atoms. The molecule has 0 aromatic carbocycles. The van der Waals surface area contributed by atoms with Crippen molar-refractivity contribution in [1.29, 1.82) is 0 Å². The predicted octanol–water partition coefficient (Wildman–Crippen LogP) is 4.53. The molecule has 0 aliphatic heterocycles. The van der Waals surface area contributed by atoms with E-state index in [0.717, 1.165) is 11.8 Å². The topological polar surface area (TPSA) is 12.0 Å². The third-order valence-electron chi connectivity index (χ3n) is 4.42. The molecule has 0 spiro atoms. The Kier molecular flexibility index (Phi) is 4.63. The lowest BCUT2D eigenvalue weighted by Crippen LogP contribution is -2.29. The highest BCUT2D eigenvalue weighted by Crippen LogP contribution is 2.39. The zero-order chi connectivity index (χ0) is 12.3. The zero-order valence-corrected chi connectivity index (χ0v) is 12.1. The fourth-order valence-electron chi connectivity index (χ4n) is 3.37. The van der Waals surface area contributed by atoms with E-state index in [0.29, 0.717) is 6.04 Å². The minimum atomic E-state index is 0.579. The van der Waals surface area contributed by atoms with Crippen molar-refractivity contribution in [3.8, 4) is 0 Å². The Morgan fingerprint density at radius 3 is 2.88 bits per heavy atom. The second kappa shape index (κ2) is 6.01. The van der Waals surface area contributed by atoms with Gasteiger partial charge in [-0.2, -0.15) is 0 Å². The van der Waals surface area contributed by atoms with Crippen molar-refractivity contribution in [2.45, 2.75) is 52.0 Å². The Bertz CT molecular complexity index is 344. The van der Waals surface area contributed by atoms with Gasteiger partial charge in [0.05, 0.1) is 0 Å². The summed E-state index contributed by atoms with van der Waals surface area (Å²) in [5.74, 6) is 1.80. The van der Waals surface area contributed by atoms with E-state index in [4.69, 9.17) is 0 Å². The second-order valence-corrected chi connectivity index (χ2v) is 6.52. The van der Waals surface area contributed by atoms with Gasteiger partial charge in [0.25, 0.3) is 0 Å². The van der Waals surface area contributed by atoms with E-state index in [-0.39, 0.29) is 0 Å². The van der Waals surface area contributed by atoms with Crippen molar-refractivity contribution in [3.63, 3.8) is 0 Å². The van der Waals surface area contributed by atoms with Gasteiger partial charge in [-0.25, -0.2) is 0 Å². The van der Waals surface area contributed by atoms with Gasteiger partial charge in [-0.15, -0.1) is 11.3 Å². The van der Waals surface area contributed by atoms with Gasteiger partial charge < -0.3 is 5.32 Å². The maximum Gasteiger partial charge on any atom is 0.0357 e. The average Bonchev–Trinajstić information content (AvgIpc) is 2.77. The molecule has 2 heteroatoms. The summed E-state index contributed by atoms with van der Waals surface area (Å²) in [5.41, 5.74) is 1.54. The van der Waals surface area contributed by atoms with Crippen molar-refractivity contribution >= 4 is 11.3 Å². The molecule has 0 amide bonds. The Balaban J connectivity index is 2.10. The second-order valence-electron chi connectivity index (χ2n) is 5.40. The summed E-state index contributed by atoms with van der Waals surface area (Å²) in [6.45, 7) is 4.60. The molecule has 1 aromatic rings. The highest BCUT2D eigenvalue weighted by molar-refractivity contribution is 7.10. The minimum Gasteiger partial charge on any atom is -0.313 e. The van der Waals surface area contributed by atoms with Crippen LogP contribution in [0.5, 0.6) is 0 Å². The van der Waals surface area contributed by atoms with E-state index < -0.39 is 0 Å². The van der Waals surface area contributed by atoms with Gasteiger partial charge in [-0.3, -0.25) is 0 Å². The van der Waals surface area contributed by atoms with E-state index in [1.54, 1.807) is 5.56 Å². The summed E-state index contributed by atoms with van der Waals surface area (Å²) < 4.78 is 0. The molecule has 1 nitrogen and oxygen atoms in total. The van der Waals surface area contributed by atoms with Crippen LogP contribution in [-0.4, -0.2) is 7.05 Å². The van der Waals surface area contributed by atoms with Crippen molar-refractivity contribution in [2.24, 2.45) is 11.8 Å². The lowest BCUT2D eigenvalue weighted by atomic mass is 9.75. The van der Waals surface area contributed by atoms with Crippen LogP contribution in [0.1, 0.15) is 55.5 Å². The Morgan fingerprint density at radius 2 is 2.29 bits per heavy atom. The summed E-state index contributed by atoms with van der Waals surface area (Å²) >= 11 is 1.88. The summed E-state index contributed by atoms with van der Waals surface area (Å²) in [4.78, 5) is 1.49. The number of nitrogens with one attached hydrogen (secondary N) is 1. The molecule has 1 saturated carbocycles. The minimum absolute atomic E-state index is 0.579. The molecule has 1 fully saturated rings. The van der Waals surface area contributed by atoms with Gasteiger partial charge in [0.2, 0.25) is 0 Å². The summed E-state index contributed by atoms with van der Waals surface area (Å²) in [7, 11) is 2.12. The van der Waals surface area contributed by atoms with E-state index in [1.165, 1.54) is 37.0 Å². The van der Waals surface area contributed by atoms with Gasteiger partial charge in [0.1, 0.15) is 0 Å². The van der Waals surface area contributed by atoms with Crippen LogP contribution in [0.25, 0.3) is 0 Å². The maximum atomic E-state index is 3.57. The standard InChI is InChI=1S/C15H25NS/c1-4-12-6-5-7-13(10-12)15(16-3)14-8-9-17-11(14)2/h8-9,12-13,15-16H,4-7,10H2,1-3H3. The molecule has 0 radical (unpaired) electrons. The Hall–Kier alpha value is -0.340. The summed E-state index contributed by atoms with van der Waals surface area (Å²) in [6.07, 6.45) is 7.04. The maximum absolute atomic E-state index is 3.57. The Morgan fingerprint density at radius 1 is 1.47 bits per heavy atom. The normalized spacial score (nSPS) is 27.0. The fourth-order valence-corrected chi connectivity index (χ4v) is 4.12. The lowest BCUT2D eigenvalue weighted by molar-refractivity contribution is 0.214. The van der Waals surface area contributed by atoms with Crippen LogP contribution < -0.4 is 5.32 Å². The summed E-state index contributed by atoms with van der Waals surface area (Å²) in [5, 5.41) is 5.80. The molecule has 96 valence electrons. The fraction of sp³-hybridized carbons (Fsp3) is 0.733. The molecule has 1 aliphatic rings. The third-order valence-corrected chi connectivity index (χ3v) is 5.28. The quantitative estimate of drug-likeness (QED) is 0.829. The molecular formula is C15H25NS. The number of thiophene rings is 1. The smallest absolute Gasteiger partial charge is 0.0357 e. The first-order valence-corrected chi connectivity index (χ1v) is 7.85. The molecule has 3 atom stereocenters. The molecule has 1 aliphatic carbocycles.